The van der Waals surface area contributed by atoms with Gasteiger partial charge in [-0.05, 0) is 26.8 Å². The van der Waals surface area contributed by atoms with Crippen molar-refractivity contribution in [2.45, 2.75) is 44.8 Å². The monoisotopic (exact) mass is 159 g/mol. The van der Waals surface area contributed by atoms with E-state index in [0.29, 0.717) is 12.6 Å². The minimum Gasteiger partial charge on any atom is -0.300 e. The van der Waals surface area contributed by atoms with E-state index in [1.807, 2.05) is 7.05 Å². The van der Waals surface area contributed by atoms with Gasteiger partial charge >= 0.3 is 0 Å². The van der Waals surface area contributed by atoms with Crippen molar-refractivity contribution in [2.24, 2.45) is 0 Å². The lowest BCUT2D eigenvalue weighted by molar-refractivity contribution is 0.198. The van der Waals surface area contributed by atoms with Gasteiger partial charge in [-0.2, -0.15) is 0 Å². The van der Waals surface area contributed by atoms with Gasteiger partial charge in [-0.1, -0.05) is 13.3 Å². The van der Waals surface area contributed by atoms with Crippen molar-refractivity contribution in [3.8, 4) is 0 Å². The normalized spacial score (nSPS) is 39.8. The molecule has 0 aliphatic carbocycles. The van der Waals surface area contributed by atoms with Crippen LogP contribution in [0.4, 0.5) is 4.39 Å². The van der Waals surface area contributed by atoms with Crippen molar-refractivity contribution < 1.29 is 4.39 Å². The molecule has 0 bridgehead atoms. The van der Waals surface area contributed by atoms with E-state index >= 15 is 0 Å². The lowest BCUT2D eigenvalue weighted by atomic mass is 10.0. The maximum atomic E-state index is 13.4. The third kappa shape index (κ3) is 2.16. The molecule has 0 spiro atoms. The van der Waals surface area contributed by atoms with Crippen molar-refractivity contribution in [3.63, 3.8) is 0 Å². The van der Waals surface area contributed by atoms with Crippen LogP contribution in [-0.2, 0) is 0 Å². The molecule has 1 saturated heterocycles. The van der Waals surface area contributed by atoms with Gasteiger partial charge in [-0.25, -0.2) is 4.39 Å². The number of nitrogens with zero attached hydrogens (tertiary/aromatic N) is 1. The van der Waals surface area contributed by atoms with Gasteiger partial charge in [0.15, 0.2) is 0 Å². The Bertz CT molecular complexity index is 134. The number of rotatable bonds is 2. The highest BCUT2D eigenvalue weighted by molar-refractivity contribution is 4.91. The van der Waals surface area contributed by atoms with Gasteiger partial charge in [0.2, 0.25) is 0 Å². The fourth-order valence-corrected chi connectivity index (χ4v) is 2.02. The summed E-state index contributed by atoms with van der Waals surface area (Å²) in [5, 5.41) is 0. The largest absolute Gasteiger partial charge is 0.300 e. The SMILES string of the molecule is CCCC1CC(C)(F)CN1C. The van der Waals surface area contributed by atoms with E-state index in [9.17, 15) is 4.39 Å². The highest BCUT2D eigenvalue weighted by Crippen LogP contribution is 2.30. The number of alkyl halides is 1. The van der Waals surface area contributed by atoms with Crippen molar-refractivity contribution in [1.29, 1.82) is 0 Å². The van der Waals surface area contributed by atoms with Crippen LogP contribution < -0.4 is 0 Å². The first kappa shape index (κ1) is 8.98. The van der Waals surface area contributed by atoms with E-state index in [4.69, 9.17) is 0 Å². The Morgan fingerprint density at radius 2 is 2.27 bits per heavy atom. The Balaban J connectivity index is 2.45. The molecular formula is C9H18FN. The fourth-order valence-electron chi connectivity index (χ4n) is 2.02. The van der Waals surface area contributed by atoms with Gasteiger partial charge in [-0.15, -0.1) is 0 Å². The van der Waals surface area contributed by atoms with E-state index in [1.54, 1.807) is 6.92 Å². The van der Waals surface area contributed by atoms with Gasteiger partial charge < -0.3 is 4.90 Å². The smallest absolute Gasteiger partial charge is 0.122 e. The van der Waals surface area contributed by atoms with Crippen molar-refractivity contribution >= 4 is 0 Å². The predicted octanol–water partition coefficient (Wildman–Crippen LogP) is 2.22. The zero-order valence-electron chi connectivity index (χ0n) is 7.73. The molecule has 1 nitrogen and oxygen atoms in total. The zero-order chi connectivity index (χ0) is 8.48. The number of halogens is 1. The third-order valence-electron chi connectivity index (χ3n) is 2.49. The number of likely N-dealkylation sites (tertiary alicyclic amines) is 1. The van der Waals surface area contributed by atoms with Crippen molar-refractivity contribution in [1.82, 2.24) is 4.90 Å². The summed E-state index contributed by atoms with van der Waals surface area (Å²) in [5.74, 6) is 0. The Kier molecular flexibility index (Phi) is 2.53. The second-order valence-corrected chi connectivity index (χ2v) is 3.98. The average Bonchev–Trinajstić information content (AvgIpc) is 2.07. The molecule has 1 heterocycles. The highest BCUT2D eigenvalue weighted by atomic mass is 19.1. The summed E-state index contributed by atoms with van der Waals surface area (Å²) in [7, 11) is 2.02. The lowest BCUT2D eigenvalue weighted by Crippen LogP contribution is -2.26. The van der Waals surface area contributed by atoms with Crippen LogP contribution in [-0.4, -0.2) is 30.2 Å². The molecule has 0 aromatic carbocycles. The third-order valence-corrected chi connectivity index (χ3v) is 2.49. The topological polar surface area (TPSA) is 3.24 Å². The molecule has 1 aliphatic rings. The Morgan fingerprint density at radius 3 is 2.64 bits per heavy atom. The van der Waals surface area contributed by atoms with Crippen LogP contribution in [0.1, 0.15) is 33.1 Å². The molecule has 2 atom stereocenters. The van der Waals surface area contributed by atoms with Crippen LogP contribution in [0, 0.1) is 0 Å². The second-order valence-electron chi connectivity index (χ2n) is 3.98. The van der Waals surface area contributed by atoms with Gasteiger partial charge in [-0.3, -0.25) is 0 Å². The molecule has 0 aromatic rings. The van der Waals surface area contributed by atoms with Crippen LogP contribution in [0.25, 0.3) is 0 Å². The fraction of sp³-hybridized carbons (Fsp3) is 1.00. The molecule has 1 fully saturated rings. The Hall–Kier alpha value is -0.110. The molecule has 0 aromatic heterocycles. The van der Waals surface area contributed by atoms with E-state index in [0.717, 1.165) is 19.3 Å². The minimum atomic E-state index is -0.936. The molecule has 1 rings (SSSR count). The average molecular weight is 159 g/mol. The second kappa shape index (κ2) is 3.10. The van der Waals surface area contributed by atoms with Crippen LogP contribution in [0.5, 0.6) is 0 Å². The van der Waals surface area contributed by atoms with Crippen LogP contribution in [0.15, 0.2) is 0 Å². The summed E-state index contributed by atoms with van der Waals surface area (Å²) in [6, 6.07) is 0.481. The summed E-state index contributed by atoms with van der Waals surface area (Å²) in [6.07, 6.45) is 3.01. The van der Waals surface area contributed by atoms with Crippen LogP contribution in [0.2, 0.25) is 0 Å². The van der Waals surface area contributed by atoms with Gasteiger partial charge in [0.05, 0.1) is 0 Å². The summed E-state index contributed by atoms with van der Waals surface area (Å²) in [6.45, 7) is 4.47. The van der Waals surface area contributed by atoms with E-state index < -0.39 is 5.67 Å². The number of hydrogen-bond acceptors (Lipinski definition) is 1. The summed E-state index contributed by atoms with van der Waals surface area (Å²) in [4.78, 5) is 2.14. The van der Waals surface area contributed by atoms with Gasteiger partial charge in [0.25, 0.3) is 0 Å². The lowest BCUT2D eigenvalue weighted by Gasteiger charge is -2.17. The Morgan fingerprint density at radius 1 is 1.64 bits per heavy atom. The quantitative estimate of drug-likeness (QED) is 0.597. The molecule has 11 heavy (non-hydrogen) atoms. The molecule has 1 aliphatic heterocycles. The van der Waals surface area contributed by atoms with Crippen LogP contribution >= 0.6 is 0 Å². The molecule has 0 amide bonds. The van der Waals surface area contributed by atoms with E-state index in [1.165, 1.54) is 0 Å². The minimum absolute atomic E-state index is 0.481. The predicted molar refractivity (Wildman–Crippen MR) is 45.5 cm³/mol. The number of hydrogen-bond donors (Lipinski definition) is 0. The van der Waals surface area contributed by atoms with Gasteiger partial charge in [0, 0.05) is 12.6 Å². The maximum absolute atomic E-state index is 13.4. The molecule has 2 unspecified atom stereocenters. The summed E-state index contributed by atoms with van der Waals surface area (Å²) < 4.78 is 13.4. The Labute approximate surface area is 68.6 Å². The van der Waals surface area contributed by atoms with Crippen LogP contribution in [0.3, 0.4) is 0 Å². The molecule has 0 radical (unpaired) electrons. The first-order chi connectivity index (χ1) is 5.05. The van der Waals surface area contributed by atoms with E-state index in [2.05, 4.69) is 11.8 Å². The highest BCUT2D eigenvalue weighted by Gasteiger charge is 2.38. The van der Waals surface area contributed by atoms with Gasteiger partial charge in [0.1, 0.15) is 5.67 Å². The molecule has 66 valence electrons. The summed E-state index contributed by atoms with van der Waals surface area (Å²) in [5.41, 5.74) is -0.936. The standard InChI is InChI=1S/C9H18FN/c1-4-5-8-6-9(2,10)7-11(8)3/h8H,4-7H2,1-3H3. The first-order valence-corrected chi connectivity index (χ1v) is 4.44. The maximum Gasteiger partial charge on any atom is 0.122 e. The summed E-state index contributed by atoms with van der Waals surface area (Å²) >= 11 is 0. The zero-order valence-corrected chi connectivity index (χ0v) is 7.73. The van der Waals surface area contributed by atoms with Crippen molar-refractivity contribution in [3.05, 3.63) is 0 Å². The molecule has 0 N–H and O–H groups in total. The molecule has 2 heteroatoms. The first-order valence-electron chi connectivity index (χ1n) is 4.44. The molecule has 0 saturated carbocycles. The molecular weight excluding hydrogens is 141 g/mol. The van der Waals surface area contributed by atoms with Crippen molar-refractivity contribution in [2.75, 3.05) is 13.6 Å². The van der Waals surface area contributed by atoms with E-state index in [-0.39, 0.29) is 0 Å².